The first-order chi connectivity index (χ1) is 16.9. The van der Waals surface area contributed by atoms with Gasteiger partial charge in [0.1, 0.15) is 11.3 Å². The first-order valence-corrected chi connectivity index (χ1v) is 12.5. The van der Waals surface area contributed by atoms with Gasteiger partial charge >= 0.3 is 0 Å². The molecule has 2 atom stereocenters. The van der Waals surface area contributed by atoms with E-state index in [0.29, 0.717) is 55.2 Å². The second kappa shape index (κ2) is 9.94. The number of halogens is 2. The largest absolute Gasteiger partial charge is 0.393 e. The van der Waals surface area contributed by atoms with Crippen molar-refractivity contribution in [3.8, 4) is 0 Å². The van der Waals surface area contributed by atoms with E-state index in [2.05, 4.69) is 20.6 Å². The van der Waals surface area contributed by atoms with E-state index < -0.39 is 5.82 Å². The van der Waals surface area contributed by atoms with Crippen molar-refractivity contribution in [1.29, 1.82) is 0 Å². The van der Waals surface area contributed by atoms with Gasteiger partial charge in [0.25, 0.3) is 0 Å². The molecule has 2 aliphatic rings. The zero-order valence-electron chi connectivity index (χ0n) is 19.3. The number of hydrogen-bond donors (Lipinski definition) is 4. The van der Waals surface area contributed by atoms with Crippen molar-refractivity contribution >= 4 is 46.3 Å². The number of nitrogens with zero attached hydrogens (tertiary/aromatic N) is 4. The Kier molecular flexibility index (Phi) is 6.75. The van der Waals surface area contributed by atoms with Crippen LogP contribution in [-0.2, 0) is 4.79 Å². The molecule has 0 bridgehead atoms. The number of primary amides is 1. The Labute approximate surface area is 207 Å². The molecule has 1 aromatic carbocycles. The lowest BCUT2D eigenvalue weighted by molar-refractivity contribution is -0.122. The highest BCUT2D eigenvalue weighted by atomic mass is 35.5. The fraction of sp³-hybridized carbons (Fsp3) is 0.500. The molecule has 2 saturated carbocycles. The lowest BCUT2D eigenvalue weighted by Crippen LogP contribution is -2.30. The molecule has 0 aliphatic heterocycles. The van der Waals surface area contributed by atoms with Gasteiger partial charge in [-0.3, -0.25) is 9.36 Å². The van der Waals surface area contributed by atoms with Crippen LogP contribution in [0.3, 0.4) is 0 Å². The third-order valence-electron chi connectivity index (χ3n) is 7.08. The van der Waals surface area contributed by atoms with Crippen LogP contribution in [0.5, 0.6) is 0 Å². The van der Waals surface area contributed by atoms with E-state index in [9.17, 15) is 14.3 Å². The summed E-state index contributed by atoms with van der Waals surface area (Å²) in [6.45, 7) is 0. The topological polar surface area (TPSA) is 131 Å². The third-order valence-corrected chi connectivity index (χ3v) is 7.39. The summed E-state index contributed by atoms with van der Waals surface area (Å²) in [5, 5.41) is 16.7. The van der Waals surface area contributed by atoms with E-state index in [1.165, 1.54) is 6.07 Å². The number of aliphatic hydroxyl groups excluding tert-OH is 1. The van der Waals surface area contributed by atoms with Crippen LogP contribution in [-0.4, -0.2) is 42.7 Å². The number of nitrogens with two attached hydrogens (primary N) is 1. The van der Waals surface area contributed by atoms with Gasteiger partial charge in [-0.2, -0.15) is 4.98 Å². The summed E-state index contributed by atoms with van der Waals surface area (Å²) in [6, 6.07) is 4.57. The summed E-state index contributed by atoms with van der Waals surface area (Å²) >= 11 is 6.27. The molecule has 2 heterocycles. The molecule has 186 valence electrons. The SMILES string of the molecule is NC(=O)C1CCC(n2c(Nc3c(F)cccc3Cl)nc3cnc(N[C@@H]4CCC[C@@H](O)C4)nc32)CC1. The molecular formula is C24H29ClFN7O2. The van der Waals surface area contributed by atoms with Crippen LogP contribution in [0, 0.1) is 11.7 Å². The minimum Gasteiger partial charge on any atom is -0.393 e. The van der Waals surface area contributed by atoms with E-state index in [4.69, 9.17) is 22.3 Å². The van der Waals surface area contributed by atoms with Gasteiger partial charge in [-0.05, 0) is 63.5 Å². The second-order valence-corrected chi connectivity index (χ2v) is 9.91. The Morgan fingerprint density at radius 3 is 2.69 bits per heavy atom. The normalized spacial score (nSPS) is 24.9. The van der Waals surface area contributed by atoms with Crippen LogP contribution >= 0.6 is 11.6 Å². The number of fused-ring (bicyclic) bond motifs is 1. The zero-order chi connectivity index (χ0) is 24.5. The van der Waals surface area contributed by atoms with Crippen molar-refractivity contribution in [2.75, 3.05) is 10.6 Å². The average molecular weight is 502 g/mol. The number of anilines is 3. The molecule has 0 unspecified atom stereocenters. The molecular weight excluding hydrogens is 473 g/mol. The average Bonchev–Trinajstić information content (AvgIpc) is 3.19. The van der Waals surface area contributed by atoms with Crippen molar-refractivity contribution in [2.45, 2.75) is 69.6 Å². The molecule has 0 radical (unpaired) electrons. The number of para-hydroxylation sites is 1. The number of nitrogens with one attached hydrogen (secondary N) is 2. The summed E-state index contributed by atoms with van der Waals surface area (Å²) in [5.74, 6) is -0.0482. The summed E-state index contributed by atoms with van der Waals surface area (Å²) in [6.07, 6.45) is 7.41. The van der Waals surface area contributed by atoms with Gasteiger partial charge in [-0.25, -0.2) is 14.4 Å². The van der Waals surface area contributed by atoms with Gasteiger partial charge in [0.15, 0.2) is 5.65 Å². The highest BCUT2D eigenvalue weighted by molar-refractivity contribution is 6.33. The number of carbonyl (C=O) groups excluding carboxylic acids is 1. The molecule has 1 amide bonds. The Balaban J connectivity index is 1.51. The molecule has 2 fully saturated rings. The zero-order valence-corrected chi connectivity index (χ0v) is 20.0. The number of imidazole rings is 1. The van der Waals surface area contributed by atoms with Gasteiger partial charge < -0.3 is 21.5 Å². The smallest absolute Gasteiger partial charge is 0.224 e. The van der Waals surface area contributed by atoms with Gasteiger partial charge in [0.05, 0.1) is 23.0 Å². The van der Waals surface area contributed by atoms with Crippen molar-refractivity contribution in [3.05, 3.63) is 35.2 Å². The lowest BCUT2D eigenvalue weighted by Gasteiger charge is -2.29. The monoisotopic (exact) mass is 501 g/mol. The Bertz CT molecular complexity index is 1210. The van der Waals surface area contributed by atoms with E-state index in [1.54, 1.807) is 18.3 Å². The molecule has 3 aromatic rings. The summed E-state index contributed by atoms with van der Waals surface area (Å²) < 4.78 is 16.5. The maximum Gasteiger partial charge on any atom is 0.224 e. The minimum absolute atomic E-state index is 0.0112. The van der Waals surface area contributed by atoms with Crippen molar-refractivity contribution in [2.24, 2.45) is 11.7 Å². The second-order valence-electron chi connectivity index (χ2n) is 9.50. The molecule has 2 aromatic heterocycles. The predicted molar refractivity (Wildman–Crippen MR) is 132 cm³/mol. The summed E-state index contributed by atoms with van der Waals surface area (Å²) in [5.41, 5.74) is 6.84. The molecule has 5 rings (SSSR count). The maximum atomic E-state index is 14.6. The number of hydrogen-bond acceptors (Lipinski definition) is 7. The van der Waals surface area contributed by atoms with Crippen molar-refractivity contribution < 1.29 is 14.3 Å². The van der Waals surface area contributed by atoms with Crippen molar-refractivity contribution in [3.63, 3.8) is 0 Å². The number of carbonyl (C=O) groups is 1. The molecule has 0 spiro atoms. The summed E-state index contributed by atoms with van der Waals surface area (Å²) in [4.78, 5) is 25.6. The Morgan fingerprint density at radius 2 is 1.97 bits per heavy atom. The highest BCUT2D eigenvalue weighted by Crippen LogP contribution is 2.38. The first-order valence-electron chi connectivity index (χ1n) is 12.1. The summed E-state index contributed by atoms with van der Waals surface area (Å²) in [7, 11) is 0. The van der Waals surface area contributed by atoms with Crippen LogP contribution in [0.1, 0.15) is 57.4 Å². The third kappa shape index (κ3) is 5.04. The number of amides is 1. The van der Waals surface area contributed by atoms with Gasteiger partial charge in [-0.1, -0.05) is 17.7 Å². The van der Waals surface area contributed by atoms with Gasteiger partial charge in [0, 0.05) is 18.0 Å². The van der Waals surface area contributed by atoms with E-state index >= 15 is 0 Å². The Morgan fingerprint density at radius 1 is 1.17 bits per heavy atom. The van der Waals surface area contributed by atoms with Gasteiger partial charge in [0.2, 0.25) is 17.8 Å². The van der Waals surface area contributed by atoms with E-state index in [-0.39, 0.29) is 40.7 Å². The van der Waals surface area contributed by atoms with E-state index in [0.717, 1.165) is 19.3 Å². The lowest BCUT2D eigenvalue weighted by atomic mass is 9.85. The van der Waals surface area contributed by atoms with Crippen LogP contribution < -0.4 is 16.4 Å². The van der Waals surface area contributed by atoms with Crippen molar-refractivity contribution in [1.82, 2.24) is 19.5 Å². The number of rotatable bonds is 6. The number of aliphatic hydroxyl groups is 1. The number of benzene rings is 1. The maximum absolute atomic E-state index is 14.6. The van der Waals surface area contributed by atoms with Crippen LogP contribution in [0.15, 0.2) is 24.4 Å². The molecule has 0 saturated heterocycles. The first kappa shape index (κ1) is 23.7. The van der Waals surface area contributed by atoms with E-state index in [1.807, 2.05) is 4.57 Å². The molecule has 9 nitrogen and oxygen atoms in total. The Hall–Kier alpha value is -2.98. The highest BCUT2D eigenvalue weighted by Gasteiger charge is 2.30. The molecule has 35 heavy (non-hydrogen) atoms. The minimum atomic E-state index is -0.488. The number of aromatic nitrogens is 4. The van der Waals surface area contributed by atoms with Gasteiger partial charge in [-0.15, -0.1) is 0 Å². The standard InChI is InChI=1S/C24H29ClFN7O2/c25-17-5-2-6-18(26)20(17)31-24-30-19-12-28-23(29-14-3-1-4-16(34)11-14)32-22(19)33(24)15-9-7-13(8-10-15)21(27)35/h2,5-6,12-16,34H,1,3-4,7-11H2,(H2,27,35)(H,30,31)(H,28,29,32)/t13?,14-,15?,16-/m1/s1. The fourth-order valence-electron chi connectivity index (χ4n) is 5.22. The predicted octanol–water partition coefficient (Wildman–Crippen LogP) is 4.29. The molecule has 5 N–H and O–H groups in total. The fourth-order valence-corrected chi connectivity index (χ4v) is 5.43. The van der Waals surface area contributed by atoms with Crippen LogP contribution in [0.25, 0.3) is 11.2 Å². The molecule has 2 aliphatic carbocycles. The quantitative estimate of drug-likeness (QED) is 0.396. The van der Waals surface area contributed by atoms with Crippen LogP contribution in [0.4, 0.5) is 22.0 Å². The van der Waals surface area contributed by atoms with Crippen LogP contribution in [0.2, 0.25) is 5.02 Å². The molecule has 11 heteroatoms.